The number of hydrogen-bond donors (Lipinski definition) is 2. The normalized spacial score (nSPS) is 10.5. The first-order chi connectivity index (χ1) is 11.6. The van der Waals surface area contributed by atoms with Crippen molar-refractivity contribution in [2.24, 2.45) is 0 Å². The van der Waals surface area contributed by atoms with Crippen molar-refractivity contribution in [1.29, 1.82) is 0 Å². The quantitative estimate of drug-likeness (QED) is 0.757. The third kappa shape index (κ3) is 3.05. The van der Waals surface area contributed by atoms with Gasteiger partial charge in [0.05, 0.1) is 18.0 Å². The van der Waals surface area contributed by atoms with Gasteiger partial charge < -0.3 is 15.0 Å². The van der Waals surface area contributed by atoms with Crippen LogP contribution in [0.5, 0.6) is 5.75 Å². The highest BCUT2D eigenvalue weighted by atomic mass is 16.5. The van der Waals surface area contributed by atoms with Gasteiger partial charge in [0.15, 0.2) is 0 Å². The van der Waals surface area contributed by atoms with Crippen molar-refractivity contribution >= 4 is 22.5 Å². The fourth-order valence-electron chi connectivity index (χ4n) is 2.36. The topological polar surface area (TPSA) is 93.2 Å². The largest absolute Gasteiger partial charge is 0.497 e. The van der Waals surface area contributed by atoms with E-state index in [1.165, 1.54) is 0 Å². The molecule has 0 radical (unpaired) electrons. The van der Waals surface area contributed by atoms with Gasteiger partial charge >= 0.3 is 5.69 Å². The van der Waals surface area contributed by atoms with Crippen LogP contribution in [0.2, 0.25) is 0 Å². The first kappa shape index (κ1) is 15.5. The van der Waals surface area contributed by atoms with Gasteiger partial charge in [-0.15, -0.1) is 0 Å². The number of fused-ring (bicyclic) bond motifs is 1. The van der Waals surface area contributed by atoms with Crippen molar-refractivity contribution in [1.82, 2.24) is 9.55 Å². The minimum atomic E-state index is -0.622. The zero-order valence-electron chi connectivity index (χ0n) is 12.9. The molecule has 122 valence electrons. The number of para-hydroxylation sites is 1. The highest BCUT2D eigenvalue weighted by molar-refractivity contribution is 5.90. The number of aromatic nitrogens is 2. The van der Waals surface area contributed by atoms with E-state index in [9.17, 15) is 14.4 Å². The predicted octanol–water partition coefficient (Wildman–Crippen LogP) is 1.34. The highest BCUT2D eigenvalue weighted by Gasteiger charge is 2.11. The lowest BCUT2D eigenvalue weighted by atomic mass is 10.2. The van der Waals surface area contributed by atoms with Crippen LogP contribution in [0.1, 0.15) is 0 Å². The van der Waals surface area contributed by atoms with Crippen LogP contribution in [0.25, 0.3) is 10.9 Å². The minimum absolute atomic E-state index is 0.356. The average Bonchev–Trinajstić information content (AvgIpc) is 2.59. The number of amides is 1. The van der Waals surface area contributed by atoms with Gasteiger partial charge in [0.2, 0.25) is 5.91 Å². The summed E-state index contributed by atoms with van der Waals surface area (Å²) in [6.45, 7) is -0.370. The van der Waals surface area contributed by atoms with Gasteiger partial charge in [-0.1, -0.05) is 12.1 Å². The Bertz CT molecular complexity index is 1000. The van der Waals surface area contributed by atoms with Gasteiger partial charge in [0, 0.05) is 5.69 Å². The molecule has 2 N–H and O–H groups in total. The van der Waals surface area contributed by atoms with Gasteiger partial charge in [0.25, 0.3) is 5.56 Å². The molecule has 1 amide bonds. The maximum absolute atomic E-state index is 12.4. The number of aromatic amines is 1. The smallest absolute Gasteiger partial charge is 0.329 e. The summed E-state index contributed by atoms with van der Waals surface area (Å²) in [4.78, 5) is 39.1. The van der Waals surface area contributed by atoms with Crippen LogP contribution < -0.4 is 21.3 Å². The standard InChI is InChI=1S/C17H15N3O4/c1-24-12-8-6-11(7-9-12)18-15(21)10-20-16(22)13-4-2-3-5-14(13)19-17(20)23/h2-9H,10H2,1H3,(H,18,21)(H,19,23). The lowest BCUT2D eigenvalue weighted by Gasteiger charge is -2.08. The van der Waals surface area contributed by atoms with E-state index in [1.807, 2.05) is 0 Å². The predicted molar refractivity (Wildman–Crippen MR) is 90.5 cm³/mol. The van der Waals surface area contributed by atoms with Gasteiger partial charge in [-0.3, -0.25) is 14.2 Å². The van der Waals surface area contributed by atoms with E-state index in [2.05, 4.69) is 10.3 Å². The number of benzene rings is 2. The van der Waals surface area contributed by atoms with E-state index in [4.69, 9.17) is 4.74 Å². The van der Waals surface area contributed by atoms with E-state index in [-0.39, 0.29) is 6.54 Å². The first-order valence-corrected chi connectivity index (χ1v) is 7.24. The van der Waals surface area contributed by atoms with Crippen LogP contribution in [-0.2, 0) is 11.3 Å². The molecule has 0 saturated heterocycles. The second-order valence-corrected chi connectivity index (χ2v) is 5.14. The van der Waals surface area contributed by atoms with Gasteiger partial charge in [-0.25, -0.2) is 4.79 Å². The molecule has 7 heteroatoms. The molecule has 0 fully saturated rings. The molecule has 7 nitrogen and oxygen atoms in total. The maximum atomic E-state index is 12.4. The second kappa shape index (κ2) is 6.41. The summed E-state index contributed by atoms with van der Waals surface area (Å²) >= 11 is 0. The Hall–Kier alpha value is -3.35. The molecule has 0 aliphatic carbocycles. The number of nitrogens with one attached hydrogen (secondary N) is 2. The van der Waals surface area contributed by atoms with Crippen LogP contribution in [-0.4, -0.2) is 22.6 Å². The molecule has 0 unspecified atom stereocenters. The van der Waals surface area contributed by atoms with E-state index >= 15 is 0 Å². The molecule has 0 aliphatic heterocycles. The summed E-state index contributed by atoms with van der Waals surface area (Å²) in [7, 11) is 1.55. The Morgan fingerprint density at radius 2 is 1.83 bits per heavy atom. The van der Waals surface area contributed by atoms with Crippen LogP contribution >= 0.6 is 0 Å². The molecular weight excluding hydrogens is 310 g/mol. The highest BCUT2D eigenvalue weighted by Crippen LogP contribution is 2.14. The van der Waals surface area contributed by atoms with Crippen LogP contribution in [0.3, 0.4) is 0 Å². The Morgan fingerprint density at radius 1 is 1.12 bits per heavy atom. The number of carbonyl (C=O) groups excluding carboxylic acids is 1. The van der Waals surface area contributed by atoms with Crippen molar-refractivity contribution in [3.8, 4) is 5.75 Å². The molecule has 2 aromatic carbocycles. The summed E-state index contributed by atoms with van der Waals surface area (Å²) < 4.78 is 5.91. The van der Waals surface area contributed by atoms with E-state index in [1.54, 1.807) is 55.6 Å². The summed E-state index contributed by atoms with van der Waals surface area (Å²) in [6.07, 6.45) is 0. The summed E-state index contributed by atoms with van der Waals surface area (Å²) in [6, 6.07) is 13.4. The zero-order chi connectivity index (χ0) is 17.1. The average molecular weight is 325 g/mol. The Kier molecular flexibility index (Phi) is 4.15. The fourth-order valence-corrected chi connectivity index (χ4v) is 2.36. The molecule has 3 rings (SSSR count). The summed E-state index contributed by atoms with van der Waals surface area (Å²) in [5, 5.41) is 2.99. The van der Waals surface area contributed by atoms with Gasteiger partial charge in [-0.2, -0.15) is 0 Å². The number of anilines is 1. The lowest BCUT2D eigenvalue weighted by Crippen LogP contribution is -2.38. The van der Waals surface area contributed by atoms with Crippen LogP contribution in [0.15, 0.2) is 58.1 Å². The molecule has 24 heavy (non-hydrogen) atoms. The van der Waals surface area contributed by atoms with Crippen molar-refractivity contribution < 1.29 is 9.53 Å². The second-order valence-electron chi connectivity index (χ2n) is 5.14. The Balaban J connectivity index is 1.85. The van der Waals surface area contributed by atoms with E-state index < -0.39 is 17.2 Å². The molecular formula is C17H15N3O4. The van der Waals surface area contributed by atoms with Crippen molar-refractivity contribution in [2.45, 2.75) is 6.54 Å². The number of H-pyrrole nitrogens is 1. The van der Waals surface area contributed by atoms with Crippen LogP contribution in [0, 0.1) is 0 Å². The van der Waals surface area contributed by atoms with Gasteiger partial charge in [-0.05, 0) is 36.4 Å². The molecule has 1 heterocycles. The molecule has 0 atom stereocenters. The zero-order valence-corrected chi connectivity index (χ0v) is 12.9. The summed E-state index contributed by atoms with van der Waals surface area (Å²) in [5.41, 5.74) is -0.131. The third-order valence-corrected chi connectivity index (χ3v) is 3.56. The monoisotopic (exact) mass is 325 g/mol. The number of carbonyl (C=O) groups is 1. The Morgan fingerprint density at radius 3 is 2.54 bits per heavy atom. The lowest BCUT2D eigenvalue weighted by molar-refractivity contribution is -0.116. The molecule has 0 saturated carbocycles. The third-order valence-electron chi connectivity index (χ3n) is 3.56. The molecule has 3 aromatic rings. The van der Waals surface area contributed by atoms with Crippen molar-refractivity contribution in [2.75, 3.05) is 12.4 Å². The minimum Gasteiger partial charge on any atom is -0.497 e. The van der Waals surface area contributed by atoms with E-state index in [0.29, 0.717) is 22.3 Å². The number of rotatable bonds is 4. The van der Waals surface area contributed by atoms with Gasteiger partial charge in [0.1, 0.15) is 12.3 Å². The van der Waals surface area contributed by atoms with Crippen molar-refractivity contribution in [3.63, 3.8) is 0 Å². The molecule has 0 bridgehead atoms. The molecule has 1 aromatic heterocycles. The molecule has 0 spiro atoms. The number of ether oxygens (including phenoxy) is 1. The fraction of sp³-hybridized carbons (Fsp3) is 0.118. The number of nitrogens with zero attached hydrogens (tertiary/aromatic N) is 1. The van der Waals surface area contributed by atoms with Crippen molar-refractivity contribution in [3.05, 3.63) is 69.4 Å². The molecule has 0 aliphatic rings. The van der Waals surface area contributed by atoms with E-state index in [0.717, 1.165) is 4.57 Å². The SMILES string of the molecule is COc1ccc(NC(=O)Cn2c(=O)[nH]c3ccccc3c2=O)cc1. The van der Waals surface area contributed by atoms with Crippen LogP contribution in [0.4, 0.5) is 5.69 Å². The number of methoxy groups -OCH3 is 1. The number of hydrogen-bond acceptors (Lipinski definition) is 4. The maximum Gasteiger partial charge on any atom is 0.329 e. The first-order valence-electron chi connectivity index (χ1n) is 7.24. The Labute approximate surface area is 136 Å². The summed E-state index contributed by atoms with van der Waals surface area (Å²) in [5.74, 6) is 0.193.